The van der Waals surface area contributed by atoms with E-state index in [4.69, 9.17) is 5.11 Å². The number of aromatic carboxylic acids is 1. The number of fused-ring (bicyclic) bond motifs is 1. The van der Waals surface area contributed by atoms with Gasteiger partial charge in [0.2, 0.25) is 0 Å². The Labute approximate surface area is 98.9 Å². The Bertz CT molecular complexity index is 436. The van der Waals surface area contributed by atoms with Crippen molar-refractivity contribution in [2.45, 2.75) is 18.7 Å². The van der Waals surface area contributed by atoms with Gasteiger partial charge in [-0.2, -0.15) is 12.6 Å². The molecule has 1 aromatic heterocycles. The van der Waals surface area contributed by atoms with E-state index in [2.05, 4.69) is 27.5 Å². The summed E-state index contributed by atoms with van der Waals surface area (Å²) in [4.78, 5) is 21.5. The summed E-state index contributed by atoms with van der Waals surface area (Å²) >= 11 is 4.08. The maximum absolute atomic E-state index is 11.1. The van der Waals surface area contributed by atoms with Gasteiger partial charge in [-0.05, 0) is 7.05 Å². The molecule has 0 bridgehead atoms. The lowest BCUT2D eigenvalue weighted by molar-refractivity contribution is 0.0686. The van der Waals surface area contributed by atoms with E-state index >= 15 is 0 Å². The van der Waals surface area contributed by atoms with Crippen LogP contribution in [0.25, 0.3) is 0 Å². The van der Waals surface area contributed by atoms with Crippen molar-refractivity contribution < 1.29 is 9.90 Å². The molecule has 0 saturated carbocycles. The van der Waals surface area contributed by atoms with Gasteiger partial charge in [-0.3, -0.25) is 0 Å². The molecule has 6 heteroatoms. The summed E-state index contributed by atoms with van der Waals surface area (Å²) in [5.74, 6) is -0.135. The Morgan fingerprint density at radius 2 is 2.31 bits per heavy atom. The predicted molar refractivity (Wildman–Crippen MR) is 61.7 cm³/mol. The normalized spacial score (nSPS) is 15.9. The number of carboxylic acid groups (broad SMARTS) is 1. The first kappa shape index (κ1) is 11.3. The second kappa shape index (κ2) is 4.39. The van der Waals surface area contributed by atoms with Crippen molar-refractivity contribution in [2.75, 3.05) is 13.6 Å². The topological polar surface area (TPSA) is 66.3 Å². The summed E-state index contributed by atoms with van der Waals surface area (Å²) in [6.07, 6.45) is 0.773. The smallest absolute Gasteiger partial charge is 0.354 e. The van der Waals surface area contributed by atoms with E-state index in [9.17, 15) is 4.79 Å². The Kier molecular flexibility index (Phi) is 3.11. The maximum Gasteiger partial charge on any atom is 0.354 e. The minimum Gasteiger partial charge on any atom is -0.476 e. The van der Waals surface area contributed by atoms with E-state index in [1.807, 2.05) is 7.05 Å². The van der Waals surface area contributed by atoms with Gasteiger partial charge in [0.1, 0.15) is 5.82 Å². The molecule has 2 rings (SSSR count). The number of hydrogen-bond acceptors (Lipinski definition) is 5. The minimum atomic E-state index is -0.989. The Balaban J connectivity index is 2.53. The lowest BCUT2D eigenvalue weighted by Gasteiger charge is -2.25. The number of rotatable bonds is 2. The SMILES string of the molecule is CN1CCc2nc(CS)nc(C(=O)O)c2C1. The molecule has 0 amide bonds. The molecule has 1 aliphatic rings. The Morgan fingerprint density at radius 1 is 1.56 bits per heavy atom. The molecule has 0 atom stereocenters. The molecule has 0 aromatic carbocycles. The Morgan fingerprint density at radius 3 is 2.94 bits per heavy atom. The number of aromatic nitrogens is 2. The van der Waals surface area contributed by atoms with Crippen LogP contribution in [0.5, 0.6) is 0 Å². The second-order valence-corrected chi connectivity index (χ2v) is 4.18. The van der Waals surface area contributed by atoms with Crippen LogP contribution in [0.2, 0.25) is 0 Å². The highest BCUT2D eigenvalue weighted by Crippen LogP contribution is 2.19. The molecule has 0 saturated heterocycles. The van der Waals surface area contributed by atoms with Crippen molar-refractivity contribution in [1.82, 2.24) is 14.9 Å². The number of thiol groups is 1. The first-order valence-electron chi connectivity index (χ1n) is 5.03. The van der Waals surface area contributed by atoms with Crippen LogP contribution in [0, 0.1) is 0 Å². The summed E-state index contributed by atoms with van der Waals surface area (Å²) in [7, 11) is 1.96. The van der Waals surface area contributed by atoms with Gasteiger partial charge >= 0.3 is 5.97 Å². The molecular formula is C10H13N3O2S. The molecule has 86 valence electrons. The number of nitrogens with zero attached hydrogens (tertiary/aromatic N) is 3. The zero-order chi connectivity index (χ0) is 11.7. The third-order valence-electron chi connectivity index (χ3n) is 2.64. The summed E-state index contributed by atoms with van der Waals surface area (Å²) in [6, 6.07) is 0. The first-order chi connectivity index (χ1) is 7.61. The molecule has 0 unspecified atom stereocenters. The molecule has 2 heterocycles. The molecule has 1 aromatic rings. The van der Waals surface area contributed by atoms with Gasteiger partial charge < -0.3 is 10.0 Å². The highest BCUT2D eigenvalue weighted by Gasteiger charge is 2.23. The van der Waals surface area contributed by atoms with Crippen LogP contribution in [0.15, 0.2) is 0 Å². The summed E-state index contributed by atoms with van der Waals surface area (Å²) in [5, 5.41) is 9.11. The van der Waals surface area contributed by atoms with Crippen molar-refractivity contribution in [3.05, 3.63) is 22.8 Å². The summed E-state index contributed by atoms with van der Waals surface area (Å²) in [6.45, 7) is 1.50. The first-order valence-corrected chi connectivity index (χ1v) is 5.66. The van der Waals surface area contributed by atoms with E-state index in [1.165, 1.54) is 0 Å². The van der Waals surface area contributed by atoms with Crippen LogP contribution in [-0.4, -0.2) is 39.5 Å². The monoisotopic (exact) mass is 239 g/mol. The molecule has 0 fully saturated rings. The average Bonchev–Trinajstić information content (AvgIpc) is 2.27. The molecule has 0 spiro atoms. The minimum absolute atomic E-state index is 0.126. The third kappa shape index (κ3) is 2.03. The van der Waals surface area contributed by atoms with E-state index in [1.54, 1.807) is 0 Å². The van der Waals surface area contributed by atoms with Crippen molar-refractivity contribution in [2.24, 2.45) is 0 Å². The fourth-order valence-corrected chi connectivity index (χ4v) is 1.99. The van der Waals surface area contributed by atoms with Gasteiger partial charge in [-0.25, -0.2) is 14.8 Å². The number of carboxylic acids is 1. The van der Waals surface area contributed by atoms with E-state index in [0.717, 1.165) is 24.2 Å². The van der Waals surface area contributed by atoms with Crippen LogP contribution in [0.3, 0.4) is 0 Å². The van der Waals surface area contributed by atoms with Gasteiger partial charge in [0.15, 0.2) is 5.69 Å². The number of hydrogen-bond donors (Lipinski definition) is 2. The molecular weight excluding hydrogens is 226 g/mol. The maximum atomic E-state index is 11.1. The van der Waals surface area contributed by atoms with E-state index < -0.39 is 5.97 Å². The number of likely N-dealkylation sites (N-methyl/N-ethyl adjacent to an activating group) is 1. The van der Waals surface area contributed by atoms with Gasteiger partial charge in [0.25, 0.3) is 0 Å². The Hall–Kier alpha value is -1.14. The molecule has 1 N–H and O–H groups in total. The zero-order valence-corrected chi connectivity index (χ0v) is 9.87. The molecule has 0 aliphatic carbocycles. The highest BCUT2D eigenvalue weighted by atomic mass is 32.1. The molecule has 16 heavy (non-hydrogen) atoms. The average molecular weight is 239 g/mol. The van der Waals surface area contributed by atoms with Crippen molar-refractivity contribution in [3.8, 4) is 0 Å². The van der Waals surface area contributed by atoms with E-state index in [0.29, 0.717) is 18.1 Å². The lowest BCUT2D eigenvalue weighted by atomic mass is 10.0. The third-order valence-corrected chi connectivity index (χ3v) is 2.92. The second-order valence-electron chi connectivity index (χ2n) is 3.86. The van der Waals surface area contributed by atoms with Crippen molar-refractivity contribution >= 4 is 18.6 Å². The van der Waals surface area contributed by atoms with Crippen molar-refractivity contribution in [3.63, 3.8) is 0 Å². The van der Waals surface area contributed by atoms with Crippen LogP contribution < -0.4 is 0 Å². The van der Waals surface area contributed by atoms with Gasteiger partial charge in [-0.15, -0.1) is 0 Å². The summed E-state index contributed by atoms with van der Waals surface area (Å²) in [5.41, 5.74) is 1.72. The van der Waals surface area contributed by atoms with Crippen LogP contribution in [0.1, 0.15) is 27.6 Å². The van der Waals surface area contributed by atoms with Crippen LogP contribution in [-0.2, 0) is 18.7 Å². The lowest BCUT2D eigenvalue weighted by Crippen LogP contribution is -2.30. The molecule has 5 nitrogen and oxygen atoms in total. The highest BCUT2D eigenvalue weighted by molar-refractivity contribution is 7.79. The number of carbonyl (C=O) groups is 1. The largest absolute Gasteiger partial charge is 0.476 e. The molecule has 0 radical (unpaired) electrons. The standard InChI is InChI=1S/C10H13N3O2S/c1-13-3-2-7-6(4-13)9(10(14)15)12-8(5-16)11-7/h16H,2-5H2,1H3,(H,14,15). The zero-order valence-electron chi connectivity index (χ0n) is 8.97. The fourth-order valence-electron chi connectivity index (χ4n) is 1.85. The van der Waals surface area contributed by atoms with Crippen LogP contribution in [0.4, 0.5) is 0 Å². The quantitative estimate of drug-likeness (QED) is 0.740. The van der Waals surface area contributed by atoms with Crippen molar-refractivity contribution in [1.29, 1.82) is 0 Å². The van der Waals surface area contributed by atoms with Gasteiger partial charge in [-0.1, -0.05) is 0 Å². The summed E-state index contributed by atoms with van der Waals surface area (Å²) < 4.78 is 0. The van der Waals surface area contributed by atoms with Crippen LogP contribution >= 0.6 is 12.6 Å². The predicted octanol–water partition coefficient (Wildman–Crippen LogP) is 0.593. The van der Waals surface area contributed by atoms with Gasteiger partial charge in [0.05, 0.1) is 11.4 Å². The fraction of sp³-hybridized carbons (Fsp3) is 0.500. The van der Waals surface area contributed by atoms with E-state index in [-0.39, 0.29) is 5.69 Å². The van der Waals surface area contributed by atoms with Gasteiger partial charge in [0, 0.05) is 25.1 Å². The molecule has 1 aliphatic heterocycles.